The Labute approximate surface area is 169 Å². The van der Waals surface area contributed by atoms with E-state index < -0.39 is 0 Å². The van der Waals surface area contributed by atoms with Gasteiger partial charge in [0.15, 0.2) is 10.2 Å². The third-order valence-electron chi connectivity index (χ3n) is 5.06. The number of hydrogen-bond donors (Lipinski definition) is 1. The van der Waals surface area contributed by atoms with E-state index in [-0.39, 0.29) is 12.1 Å². The molecule has 3 aromatic heterocycles. The maximum atomic E-state index is 5.69. The molecule has 0 saturated carbocycles. The molecule has 0 aromatic carbocycles. The second-order valence-electron chi connectivity index (χ2n) is 6.80. The highest BCUT2D eigenvalue weighted by molar-refractivity contribution is 7.80. The first kappa shape index (κ1) is 18.1. The fourth-order valence-electron chi connectivity index (χ4n) is 3.93. The summed E-state index contributed by atoms with van der Waals surface area (Å²) in [7, 11) is 0. The molecule has 0 aliphatic carbocycles. The largest absolute Gasteiger partial charge is 0.352 e. The lowest BCUT2D eigenvalue weighted by Crippen LogP contribution is -2.30. The molecule has 1 N–H and O–H groups in total. The van der Waals surface area contributed by atoms with Crippen LogP contribution in [0.25, 0.3) is 5.13 Å². The lowest BCUT2D eigenvalue weighted by atomic mass is 9.96. The zero-order valence-electron chi connectivity index (χ0n) is 15.7. The average Bonchev–Trinajstić information content (AvgIpc) is 3.36. The standard InChI is InChI=1S/C20H23N5S2/c1-4-10-24-18(17(23-19(24)26)16-7-5-6-8-21-16)15-12-13(2)25(14(15)3)20-22-9-11-27-20/h5-9,11-12,17-18H,4,10H2,1-3H3,(H,23,26)/t17-,18-/m0/s1. The number of aryl methyl sites for hydroxylation is 1. The smallest absolute Gasteiger partial charge is 0.193 e. The van der Waals surface area contributed by atoms with Gasteiger partial charge in [0.25, 0.3) is 0 Å². The van der Waals surface area contributed by atoms with Crippen LogP contribution in [0.4, 0.5) is 0 Å². The highest BCUT2D eigenvalue weighted by Gasteiger charge is 2.41. The molecule has 0 amide bonds. The molecule has 27 heavy (non-hydrogen) atoms. The molecule has 4 heterocycles. The molecule has 4 rings (SSSR count). The molecule has 0 spiro atoms. The van der Waals surface area contributed by atoms with Gasteiger partial charge in [0.2, 0.25) is 0 Å². The first-order chi connectivity index (χ1) is 13.1. The third kappa shape index (κ3) is 3.15. The second kappa shape index (κ2) is 7.40. The molecule has 0 unspecified atom stereocenters. The number of nitrogens with zero attached hydrogens (tertiary/aromatic N) is 4. The fourth-order valence-corrected chi connectivity index (χ4v) is 5.02. The Kier molecular flexibility index (Phi) is 4.97. The molecule has 2 atom stereocenters. The zero-order valence-corrected chi connectivity index (χ0v) is 17.3. The molecular formula is C20H23N5S2. The number of thiazole rings is 1. The highest BCUT2D eigenvalue weighted by Crippen LogP contribution is 2.41. The van der Waals surface area contributed by atoms with Crippen molar-refractivity contribution in [3.05, 3.63) is 64.7 Å². The van der Waals surface area contributed by atoms with Crippen molar-refractivity contribution in [3.8, 4) is 5.13 Å². The number of pyridine rings is 1. The van der Waals surface area contributed by atoms with Gasteiger partial charge in [-0.05, 0) is 56.2 Å². The number of rotatable bonds is 5. The average molecular weight is 398 g/mol. The van der Waals surface area contributed by atoms with Crippen LogP contribution in [-0.4, -0.2) is 31.1 Å². The lowest BCUT2D eigenvalue weighted by molar-refractivity contribution is 0.316. The fraction of sp³-hybridized carbons (Fsp3) is 0.350. The Bertz CT molecular complexity index is 933. The van der Waals surface area contributed by atoms with Crippen LogP contribution in [0.1, 0.15) is 48.1 Å². The Morgan fingerprint density at radius 3 is 2.74 bits per heavy atom. The Balaban J connectivity index is 1.83. The summed E-state index contributed by atoms with van der Waals surface area (Å²) in [6, 6.07) is 8.48. The van der Waals surface area contributed by atoms with E-state index in [1.54, 1.807) is 11.3 Å². The molecule has 1 fully saturated rings. The summed E-state index contributed by atoms with van der Waals surface area (Å²) in [5.74, 6) is 0. The minimum Gasteiger partial charge on any atom is -0.352 e. The van der Waals surface area contributed by atoms with Gasteiger partial charge < -0.3 is 10.2 Å². The summed E-state index contributed by atoms with van der Waals surface area (Å²) in [5, 5.41) is 7.33. The van der Waals surface area contributed by atoms with Crippen LogP contribution in [0.15, 0.2) is 42.0 Å². The van der Waals surface area contributed by atoms with Gasteiger partial charge in [-0.25, -0.2) is 4.98 Å². The van der Waals surface area contributed by atoms with Crippen molar-refractivity contribution >= 4 is 28.7 Å². The second-order valence-corrected chi connectivity index (χ2v) is 8.06. The van der Waals surface area contributed by atoms with Crippen LogP contribution in [0.5, 0.6) is 0 Å². The van der Waals surface area contributed by atoms with Gasteiger partial charge >= 0.3 is 0 Å². The van der Waals surface area contributed by atoms with Gasteiger partial charge in [0.1, 0.15) is 0 Å². The topological polar surface area (TPSA) is 46.0 Å². The summed E-state index contributed by atoms with van der Waals surface area (Å²) in [6.45, 7) is 7.41. The molecule has 1 aliphatic heterocycles. The van der Waals surface area contributed by atoms with Gasteiger partial charge in [-0.15, -0.1) is 11.3 Å². The van der Waals surface area contributed by atoms with Crippen LogP contribution in [0, 0.1) is 13.8 Å². The van der Waals surface area contributed by atoms with E-state index in [1.165, 1.54) is 17.0 Å². The molecule has 3 aromatic rings. The van der Waals surface area contributed by atoms with Gasteiger partial charge in [-0.2, -0.15) is 0 Å². The number of aromatic nitrogens is 3. The minimum absolute atomic E-state index is 0.0375. The molecule has 1 saturated heterocycles. The first-order valence-electron chi connectivity index (χ1n) is 9.18. The zero-order chi connectivity index (χ0) is 19.0. The van der Waals surface area contributed by atoms with Gasteiger partial charge in [0.05, 0.1) is 17.8 Å². The van der Waals surface area contributed by atoms with Crippen LogP contribution < -0.4 is 5.32 Å². The van der Waals surface area contributed by atoms with Crippen molar-refractivity contribution in [2.75, 3.05) is 6.54 Å². The van der Waals surface area contributed by atoms with E-state index in [0.717, 1.165) is 28.9 Å². The van der Waals surface area contributed by atoms with E-state index in [9.17, 15) is 0 Å². The molecule has 0 radical (unpaired) electrons. The maximum Gasteiger partial charge on any atom is 0.193 e. The van der Waals surface area contributed by atoms with Crippen LogP contribution in [0.2, 0.25) is 0 Å². The van der Waals surface area contributed by atoms with Crippen molar-refractivity contribution in [3.63, 3.8) is 0 Å². The summed E-state index contributed by atoms with van der Waals surface area (Å²) < 4.78 is 2.24. The number of nitrogens with one attached hydrogen (secondary N) is 1. The summed E-state index contributed by atoms with van der Waals surface area (Å²) >= 11 is 7.35. The van der Waals surface area contributed by atoms with E-state index in [1.807, 2.05) is 29.9 Å². The SMILES string of the molecule is CCCN1C(=S)N[C@@H](c2ccccn2)[C@@H]1c1cc(C)n(-c2nccs2)c1C. The Hall–Kier alpha value is -2.25. The molecule has 140 valence electrons. The predicted molar refractivity (Wildman–Crippen MR) is 113 cm³/mol. The first-order valence-corrected chi connectivity index (χ1v) is 10.5. The number of hydrogen-bond acceptors (Lipinski definition) is 4. The van der Waals surface area contributed by atoms with Gasteiger partial charge in [-0.3, -0.25) is 9.55 Å². The summed E-state index contributed by atoms with van der Waals surface area (Å²) in [4.78, 5) is 11.4. The van der Waals surface area contributed by atoms with Gasteiger partial charge in [-0.1, -0.05) is 13.0 Å². The van der Waals surface area contributed by atoms with Crippen molar-refractivity contribution in [1.82, 2.24) is 24.8 Å². The Morgan fingerprint density at radius 2 is 2.07 bits per heavy atom. The molecule has 7 heteroatoms. The highest BCUT2D eigenvalue weighted by atomic mass is 32.1. The van der Waals surface area contributed by atoms with Crippen molar-refractivity contribution in [1.29, 1.82) is 0 Å². The van der Waals surface area contributed by atoms with Crippen LogP contribution >= 0.6 is 23.6 Å². The molecule has 0 bridgehead atoms. The van der Waals surface area contributed by atoms with E-state index in [4.69, 9.17) is 12.2 Å². The molecular weight excluding hydrogens is 374 g/mol. The summed E-state index contributed by atoms with van der Waals surface area (Å²) in [6.07, 6.45) is 4.74. The van der Waals surface area contributed by atoms with Crippen LogP contribution in [-0.2, 0) is 0 Å². The van der Waals surface area contributed by atoms with E-state index in [2.05, 4.69) is 57.7 Å². The van der Waals surface area contributed by atoms with Gasteiger partial charge in [0, 0.05) is 35.7 Å². The van der Waals surface area contributed by atoms with Crippen molar-refractivity contribution in [2.24, 2.45) is 0 Å². The normalized spacial score (nSPS) is 19.5. The number of thiocarbonyl (C=S) groups is 1. The molecule has 5 nitrogen and oxygen atoms in total. The third-order valence-corrected chi connectivity index (χ3v) is 6.17. The predicted octanol–water partition coefficient (Wildman–Crippen LogP) is 4.33. The lowest BCUT2D eigenvalue weighted by Gasteiger charge is -2.27. The van der Waals surface area contributed by atoms with E-state index in [0.29, 0.717) is 0 Å². The monoisotopic (exact) mass is 397 g/mol. The van der Waals surface area contributed by atoms with Crippen molar-refractivity contribution < 1.29 is 0 Å². The minimum atomic E-state index is 0.0375. The maximum absolute atomic E-state index is 5.69. The van der Waals surface area contributed by atoms with Crippen LogP contribution in [0.3, 0.4) is 0 Å². The molecule has 1 aliphatic rings. The van der Waals surface area contributed by atoms with E-state index >= 15 is 0 Å². The summed E-state index contributed by atoms with van der Waals surface area (Å²) in [5.41, 5.74) is 4.69. The van der Waals surface area contributed by atoms with Crippen molar-refractivity contribution in [2.45, 2.75) is 39.3 Å². The Morgan fingerprint density at radius 1 is 1.22 bits per heavy atom. The quantitative estimate of drug-likeness (QED) is 0.650.